The lowest BCUT2D eigenvalue weighted by Crippen LogP contribution is -2.58. The average Bonchev–Trinajstić information content (AvgIpc) is 3.22. The Kier molecular flexibility index (Phi) is 7.45. The van der Waals surface area contributed by atoms with E-state index in [2.05, 4.69) is 31.3 Å². The topological polar surface area (TPSA) is 102 Å². The summed E-state index contributed by atoms with van der Waals surface area (Å²) in [4.78, 5) is 12.5. The van der Waals surface area contributed by atoms with E-state index in [1.165, 1.54) is 31.9 Å². The van der Waals surface area contributed by atoms with Crippen LogP contribution in [0.3, 0.4) is 0 Å². The van der Waals surface area contributed by atoms with Crippen LogP contribution in [0.4, 0.5) is 0 Å². The summed E-state index contributed by atoms with van der Waals surface area (Å²) in [5.41, 5.74) is 3.66. The van der Waals surface area contributed by atoms with Crippen LogP contribution in [0.25, 0.3) is 0 Å². The van der Waals surface area contributed by atoms with Crippen molar-refractivity contribution in [2.24, 2.45) is 51.4 Å². The van der Waals surface area contributed by atoms with Crippen LogP contribution in [0.2, 0.25) is 0 Å². The number of hydrogen-bond donors (Lipinski definition) is 4. The molecule has 6 heteroatoms. The first-order valence-corrected chi connectivity index (χ1v) is 14.6. The number of carbonyl (C=O) groups is 1. The summed E-state index contributed by atoms with van der Waals surface area (Å²) in [6.07, 6.45) is 10.8. The molecule has 6 nitrogen and oxygen atoms in total. The van der Waals surface area contributed by atoms with Gasteiger partial charge in [-0.25, -0.2) is 5.43 Å². The smallest absolute Gasteiger partial charge is 0.240 e. The quantitative estimate of drug-likeness (QED) is 0.310. The van der Waals surface area contributed by atoms with Crippen LogP contribution in [0.1, 0.15) is 90.5 Å². The minimum absolute atomic E-state index is 0.0944. The SMILES string of the molecule is C[C@@H](CCC(=O)N/N=C\c1ccccc1O)[C@H]1CC[C@H]2[C@@H]3[C@H](O)C[C@H]4C[C@@H](O)CC[C@]4(C)[C@H]3CC[C@]12C. The molecule has 10 atom stereocenters. The van der Waals surface area contributed by atoms with Gasteiger partial charge in [-0.05, 0) is 116 Å². The lowest BCUT2D eigenvalue weighted by Gasteiger charge is -2.62. The van der Waals surface area contributed by atoms with E-state index in [4.69, 9.17) is 0 Å². The number of para-hydroxylation sites is 1. The largest absolute Gasteiger partial charge is 0.507 e. The maximum absolute atomic E-state index is 12.5. The van der Waals surface area contributed by atoms with Crippen molar-refractivity contribution < 1.29 is 20.1 Å². The Morgan fingerprint density at radius 3 is 2.59 bits per heavy atom. The number of fused-ring (bicyclic) bond motifs is 5. The maximum atomic E-state index is 12.5. The van der Waals surface area contributed by atoms with Gasteiger partial charge in [-0.15, -0.1) is 0 Å². The number of amides is 1. The Morgan fingerprint density at radius 2 is 1.81 bits per heavy atom. The van der Waals surface area contributed by atoms with E-state index < -0.39 is 0 Å². The van der Waals surface area contributed by atoms with Crippen molar-refractivity contribution in [3.63, 3.8) is 0 Å². The van der Waals surface area contributed by atoms with Crippen LogP contribution in [0, 0.1) is 46.3 Å². The predicted octanol–water partition coefficient (Wildman–Crippen LogP) is 5.25. The fraction of sp³-hybridized carbons (Fsp3) is 0.742. The normalized spacial score (nSPS) is 42.0. The highest BCUT2D eigenvalue weighted by Crippen LogP contribution is 2.68. The van der Waals surface area contributed by atoms with Gasteiger partial charge in [0.1, 0.15) is 5.75 Å². The molecular weight excluding hydrogens is 464 g/mol. The first-order valence-electron chi connectivity index (χ1n) is 14.6. The first-order chi connectivity index (χ1) is 17.6. The zero-order valence-electron chi connectivity index (χ0n) is 22.8. The number of hydrazone groups is 1. The maximum Gasteiger partial charge on any atom is 0.240 e. The number of phenolic OH excluding ortho intramolecular Hbond substituents is 1. The van der Waals surface area contributed by atoms with Crippen molar-refractivity contribution in [2.45, 2.75) is 97.2 Å². The molecule has 37 heavy (non-hydrogen) atoms. The van der Waals surface area contributed by atoms with Gasteiger partial charge in [-0.1, -0.05) is 32.9 Å². The van der Waals surface area contributed by atoms with Gasteiger partial charge < -0.3 is 15.3 Å². The Morgan fingerprint density at radius 1 is 1.08 bits per heavy atom. The summed E-state index contributed by atoms with van der Waals surface area (Å²) in [7, 11) is 0. The molecule has 0 heterocycles. The third kappa shape index (κ3) is 4.85. The molecule has 0 aromatic heterocycles. The molecule has 0 saturated heterocycles. The molecular formula is C31H46N2O4. The van der Waals surface area contributed by atoms with E-state index in [0.29, 0.717) is 47.5 Å². The van der Waals surface area contributed by atoms with Gasteiger partial charge in [0.2, 0.25) is 5.91 Å². The Hall–Kier alpha value is -1.92. The summed E-state index contributed by atoms with van der Waals surface area (Å²) in [6, 6.07) is 6.91. The fourth-order valence-corrected chi connectivity index (χ4v) is 9.56. The monoisotopic (exact) mass is 510 g/mol. The molecule has 204 valence electrons. The molecule has 0 aliphatic heterocycles. The molecule has 1 amide bonds. The second-order valence-electron chi connectivity index (χ2n) is 13.3. The van der Waals surface area contributed by atoms with Crippen LogP contribution in [0.5, 0.6) is 5.75 Å². The van der Waals surface area contributed by atoms with Gasteiger partial charge in [0.15, 0.2) is 0 Å². The number of aliphatic hydroxyl groups is 2. The molecule has 4 fully saturated rings. The Labute approximate surface area is 221 Å². The fourth-order valence-electron chi connectivity index (χ4n) is 9.56. The van der Waals surface area contributed by atoms with E-state index in [1.807, 2.05) is 6.07 Å². The number of nitrogens with zero attached hydrogens (tertiary/aromatic N) is 1. The van der Waals surface area contributed by atoms with E-state index in [1.54, 1.807) is 18.2 Å². The lowest BCUT2D eigenvalue weighted by atomic mass is 9.43. The highest BCUT2D eigenvalue weighted by atomic mass is 16.3. The van der Waals surface area contributed by atoms with Gasteiger partial charge >= 0.3 is 0 Å². The second-order valence-corrected chi connectivity index (χ2v) is 13.3. The molecule has 4 N–H and O–H groups in total. The van der Waals surface area contributed by atoms with E-state index in [9.17, 15) is 20.1 Å². The van der Waals surface area contributed by atoms with E-state index in [0.717, 1.165) is 32.1 Å². The summed E-state index contributed by atoms with van der Waals surface area (Å²) >= 11 is 0. The molecule has 0 spiro atoms. The van der Waals surface area contributed by atoms with Gasteiger partial charge in [0.05, 0.1) is 18.4 Å². The highest BCUT2D eigenvalue weighted by molar-refractivity contribution is 5.84. The minimum Gasteiger partial charge on any atom is -0.507 e. The summed E-state index contributed by atoms with van der Waals surface area (Å²) in [5, 5.41) is 35.6. The summed E-state index contributed by atoms with van der Waals surface area (Å²) < 4.78 is 0. The zero-order chi connectivity index (χ0) is 26.4. The van der Waals surface area contributed by atoms with Crippen molar-refractivity contribution in [1.82, 2.24) is 5.43 Å². The number of rotatable bonds is 6. The number of aromatic hydroxyl groups is 1. The number of phenols is 1. The van der Waals surface area contributed by atoms with Gasteiger partial charge in [0, 0.05) is 12.0 Å². The molecule has 5 rings (SSSR count). The van der Waals surface area contributed by atoms with Crippen molar-refractivity contribution in [3.8, 4) is 5.75 Å². The predicted molar refractivity (Wildman–Crippen MR) is 145 cm³/mol. The van der Waals surface area contributed by atoms with Crippen molar-refractivity contribution in [2.75, 3.05) is 0 Å². The number of aliphatic hydroxyl groups excluding tert-OH is 2. The lowest BCUT2D eigenvalue weighted by molar-refractivity contribution is -0.174. The van der Waals surface area contributed by atoms with Crippen LogP contribution in [-0.2, 0) is 4.79 Å². The van der Waals surface area contributed by atoms with Crippen LogP contribution >= 0.6 is 0 Å². The molecule has 1 aromatic rings. The minimum atomic E-state index is -0.250. The van der Waals surface area contributed by atoms with E-state index in [-0.39, 0.29) is 34.7 Å². The third-order valence-electron chi connectivity index (χ3n) is 11.6. The van der Waals surface area contributed by atoms with Crippen molar-refractivity contribution >= 4 is 12.1 Å². The molecule has 0 unspecified atom stereocenters. The van der Waals surface area contributed by atoms with E-state index >= 15 is 0 Å². The molecule has 1 aromatic carbocycles. The summed E-state index contributed by atoms with van der Waals surface area (Å²) in [5.74, 6) is 2.99. The zero-order valence-corrected chi connectivity index (χ0v) is 22.8. The highest BCUT2D eigenvalue weighted by Gasteiger charge is 2.62. The van der Waals surface area contributed by atoms with Crippen LogP contribution in [-0.4, -0.2) is 39.6 Å². The van der Waals surface area contributed by atoms with Crippen molar-refractivity contribution in [3.05, 3.63) is 29.8 Å². The van der Waals surface area contributed by atoms with Crippen LogP contribution < -0.4 is 5.43 Å². The third-order valence-corrected chi connectivity index (χ3v) is 11.6. The van der Waals surface area contributed by atoms with Gasteiger partial charge in [0.25, 0.3) is 0 Å². The standard InChI is InChI=1S/C31H46N2O4/c1-19(8-11-28(37)33-32-18-20-6-4-5-7-26(20)35)23-9-10-24-29-25(13-15-31(23,24)3)30(2)14-12-22(34)16-21(30)17-27(29)36/h4-7,18-19,21-25,27,29,34-36H,8-17H2,1-3H3,(H,33,37)/b32-18-/t19-,21+,22-,23+,24-,25-,27+,29-,30-,31+/m0/s1. The average molecular weight is 511 g/mol. The number of benzene rings is 1. The molecule has 4 saturated carbocycles. The van der Waals surface area contributed by atoms with Crippen molar-refractivity contribution in [1.29, 1.82) is 0 Å². The van der Waals surface area contributed by atoms with Gasteiger partial charge in [-0.2, -0.15) is 5.10 Å². The molecule has 4 aliphatic carbocycles. The molecule has 0 radical (unpaired) electrons. The Bertz CT molecular complexity index is 1010. The molecule has 0 bridgehead atoms. The molecule has 4 aliphatic rings. The number of hydrogen-bond acceptors (Lipinski definition) is 5. The summed E-state index contributed by atoms with van der Waals surface area (Å²) in [6.45, 7) is 7.25. The number of nitrogens with one attached hydrogen (secondary N) is 1. The Balaban J connectivity index is 1.19. The van der Waals surface area contributed by atoms with Gasteiger partial charge in [-0.3, -0.25) is 4.79 Å². The first kappa shape index (κ1) is 26.7. The van der Waals surface area contributed by atoms with Crippen LogP contribution in [0.15, 0.2) is 29.4 Å². The number of carbonyl (C=O) groups excluding carboxylic acids is 1. The second kappa shape index (κ2) is 10.3.